The lowest BCUT2D eigenvalue weighted by atomic mass is 10.1. The molecule has 0 aromatic heterocycles. The van der Waals surface area contributed by atoms with Crippen molar-refractivity contribution in [1.82, 2.24) is 0 Å². The lowest BCUT2D eigenvalue weighted by Gasteiger charge is -1.99. The van der Waals surface area contributed by atoms with Crippen LogP contribution in [0.4, 0.5) is 5.69 Å². The van der Waals surface area contributed by atoms with E-state index in [1.807, 2.05) is 6.92 Å². The minimum absolute atomic E-state index is 0.00555. The summed E-state index contributed by atoms with van der Waals surface area (Å²) < 4.78 is 0. The van der Waals surface area contributed by atoms with Gasteiger partial charge in [0.2, 0.25) is 0 Å². The Morgan fingerprint density at radius 2 is 2.19 bits per heavy atom. The highest BCUT2D eigenvalue weighted by atomic mass is 16.6. The maximum absolute atomic E-state index is 11.2. The molecule has 0 saturated heterocycles. The second-order valence-electron chi connectivity index (χ2n) is 3.43. The first-order valence-electron chi connectivity index (χ1n) is 5.00. The zero-order chi connectivity index (χ0) is 12.1. The molecule has 0 aliphatic carbocycles. The minimum atomic E-state index is -0.448. The number of allylic oxidation sites excluding steroid dienone is 1. The Labute approximate surface area is 93.7 Å². The molecule has 0 saturated carbocycles. The third-order valence-electron chi connectivity index (χ3n) is 2.26. The van der Waals surface area contributed by atoms with Crippen molar-refractivity contribution >= 4 is 17.5 Å². The highest BCUT2D eigenvalue weighted by Gasteiger charge is 2.06. The largest absolute Gasteiger partial charge is 0.295 e. The van der Waals surface area contributed by atoms with Crippen LogP contribution in [-0.2, 0) is 4.79 Å². The molecule has 4 nitrogen and oxygen atoms in total. The molecule has 0 amide bonds. The number of hydrogen-bond acceptors (Lipinski definition) is 3. The zero-order valence-electron chi connectivity index (χ0n) is 9.27. The molecule has 0 aliphatic rings. The summed E-state index contributed by atoms with van der Waals surface area (Å²) in [6.07, 6.45) is 2.31. The first-order valence-corrected chi connectivity index (χ1v) is 5.00. The molecule has 0 aliphatic heterocycles. The average molecular weight is 219 g/mol. The number of carbonyl (C=O) groups is 1. The van der Waals surface area contributed by atoms with Gasteiger partial charge in [0.15, 0.2) is 5.78 Å². The van der Waals surface area contributed by atoms with E-state index in [1.165, 1.54) is 19.1 Å². The van der Waals surface area contributed by atoms with E-state index in [9.17, 15) is 14.9 Å². The van der Waals surface area contributed by atoms with E-state index in [4.69, 9.17) is 0 Å². The molecule has 0 fully saturated rings. The maximum Gasteiger partial charge on any atom is 0.270 e. The van der Waals surface area contributed by atoms with E-state index in [1.54, 1.807) is 18.2 Å². The van der Waals surface area contributed by atoms with Gasteiger partial charge in [0.25, 0.3) is 5.69 Å². The van der Waals surface area contributed by atoms with Crippen LogP contribution in [0, 0.1) is 10.1 Å². The van der Waals surface area contributed by atoms with Crippen LogP contribution in [0.2, 0.25) is 0 Å². The van der Waals surface area contributed by atoms with Crippen molar-refractivity contribution in [3.8, 4) is 0 Å². The maximum atomic E-state index is 11.2. The molecule has 0 unspecified atom stereocenters. The van der Waals surface area contributed by atoms with Gasteiger partial charge >= 0.3 is 0 Å². The van der Waals surface area contributed by atoms with Crippen LogP contribution in [0.1, 0.15) is 25.8 Å². The Balaban J connectivity index is 3.09. The Morgan fingerprint density at radius 3 is 2.69 bits per heavy atom. The molecule has 1 aromatic rings. The number of carbonyl (C=O) groups excluding carboxylic acids is 1. The fourth-order valence-corrected chi connectivity index (χ4v) is 1.38. The summed E-state index contributed by atoms with van der Waals surface area (Å²) in [4.78, 5) is 21.3. The van der Waals surface area contributed by atoms with Crippen LogP contribution >= 0.6 is 0 Å². The molecule has 0 spiro atoms. The summed E-state index contributed by atoms with van der Waals surface area (Å²) in [5.41, 5.74) is 1.38. The number of benzene rings is 1. The third-order valence-corrected chi connectivity index (χ3v) is 2.26. The van der Waals surface area contributed by atoms with Gasteiger partial charge in [0.1, 0.15) is 0 Å². The Kier molecular flexibility index (Phi) is 3.94. The summed E-state index contributed by atoms with van der Waals surface area (Å²) in [6.45, 7) is 3.37. The quantitative estimate of drug-likeness (QED) is 0.444. The van der Waals surface area contributed by atoms with Gasteiger partial charge in [-0.15, -0.1) is 0 Å². The van der Waals surface area contributed by atoms with Gasteiger partial charge in [-0.3, -0.25) is 14.9 Å². The van der Waals surface area contributed by atoms with Crippen molar-refractivity contribution < 1.29 is 9.72 Å². The van der Waals surface area contributed by atoms with Gasteiger partial charge in [0.05, 0.1) is 4.92 Å². The first kappa shape index (κ1) is 12.1. The second kappa shape index (κ2) is 5.21. The van der Waals surface area contributed by atoms with Crippen molar-refractivity contribution in [2.45, 2.75) is 20.3 Å². The molecule has 0 radical (unpaired) electrons. The predicted octanol–water partition coefficient (Wildman–Crippen LogP) is 2.98. The topological polar surface area (TPSA) is 60.2 Å². The number of hydrogen-bond donors (Lipinski definition) is 0. The van der Waals surface area contributed by atoms with Crippen molar-refractivity contribution in [2.75, 3.05) is 0 Å². The number of rotatable bonds is 4. The summed E-state index contributed by atoms with van der Waals surface area (Å²) in [6, 6.07) is 6.23. The normalized spacial score (nSPS) is 11.2. The number of non-ortho nitro benzene ring substituents is 1. The minimum Gasteiger partial charge on any atom is -0.295 e. The first-order chi connectivity index (χ1) is 7.54. The molecule has 16 heavy (non-hydrogen) atoms. The van der Waals surface area contributed by atoms with E-state index >= 15 is 0 Å². The molecule has 0 bridgehead atoms. The standard InChI is InChI=1S/C12H13NO3/c1-3-11(9(2)14)7-10-5-4-6-12(8-10)13(15)16/h4-8H,3H2,1-2H3/b11-7+. The van der Waals surface area contributed by atoms with Gasteiger partial charge in [0, 0.05) is 12.1 Å². The predicted molar refractivity (Wildman–Crippen MR) is 62.0 cm³/mol. The number of nitro benzene ring substituents is 1. The highest BCUT2D eigenvalue weighted by Crippen LogP contribution is 2.16. The average Bonchev–Trinajstić information content (AvgIpc) is 2.25. The summed E-state index contributed by atoms with van der Waals surface area (Å²) in [5.74, 6) is -0.00555. The van der Waals surface area contributed by atoms with Crippen LogP contribution in [0.5, 0.6) is 0 Å². The monoisotopic (exact) mass is 219 g/mol. The van der Waals surface area contributed by atoms with Crippen LogP contribution in [0.25, 0.3) is 6.08 Å². The van der Waals surface area contributed by atoms with Gasteiger partial charge in [-0.2, -0.15) is 0 Å². The Morgan fingerprint density at radius 1 is 1.50 bits per heavy atom. The van der Waals surface area contributed by atoms with Gasteiger partial charge in [-0.25, -0.2) is 0 Å². The van der Waals surface area contributed by atoms with Crippen LogP contribution < -0.4 is 0 Å². The van der Waals surface area contributed by atoms with Crippen LogP contribution in [0.15, 0.2) is 29.8 Å². The summed E-state index contributed by atoms with van der Waals surface area (Å²) >= 11 is 0. The second-order valence-corrected chi connectivity index (χ2v) is 3.43. The van der Waals surface area contributed by atoms with E-state index in [0.717, 1.165) is 0 Å². The van der Waals surface area contributed by atoms with E-state index in [0.29, 0.717) is 17.6 Å². The molecule has 0 N–H and O–H groups in total. The third kappa shape index (κ3) is 3.02. The van der Waals surface area contributed by atoms with Crippen molar-refractivity contribution in [3.05, 3.63) is 45.5 Å². The molecule has 84 valence electrons. The molecule has 0 heterocycles. The fourth-order valence-electron chi connectivity index (χ4n) is 1.38. The SMILES string of the molecule is CC/C(=C\c1cccc([N+](=O)[O-])c1)C(C)=O. The highest BCUT2D eigenvalue weighted by molar-refractivity contribution is 5.97. The Bertz CT molecular complexity index is 449. The molecule has 4 heteroatoms. The molecule has 0 atom stereocenters. The van der Waals surface area contributed by atoms with Crippen LogP contribution in [-0.4, -0.2) is 10.7 Å². The summed E-state index contributed by atoms with van der Waals surface area (Å²) in [7, 11) is 0. The molecular weight excluding hydrogens is 206 g/mol. The van der Waals surface area contributed by atoms with E-state index in [-0.39, 0.29) is 11.5 Å². The van der Waals surface area contributed by atoms with Gasteiger partial charge in [-0.05, 0) is 30.6 Å². The lowest BCUT2D eigenvalue weighted by Crippen LogP contribution is -1.95. The number of Topliss-reactive ketones (excluding diaryl/α,β-unsaturated/α-hetero) is 1. The number of nitrogens with zero attached hydrogens (tertiary/aromatic N) is 1. The molecular formula is C12H13NO3. The van der Waals surface area contributed by atoms with Gasteiger partial charge < -0.3 is 0 Å². The Hall–Kier alpha value is -1.97. The van der Waals surface area contributed by atoms with Gasteiger partial charge in [-0.1, -0.05) is 19.1 Å². The molecule has 1 rings (SSSR count). The van der Waals surface area contributed by atoms with Crippen molar-refractivity contribution in [2.24, 2.45) is 0 Å². The molecule has 1 aromatic carbocycles. The number of nitro groups is 1. The van der Waals surface area contributed by atoms with E-state index < -0.39 is 4.92 Å². The lowest BCUT2D eigenvalue weighted by molar-refractivity contribution is -0.384. The van der Waals surface area contributed by atoms with E-state index in [2.05, 4.69) is 0 Å². The summed E-state index contributed by atoms with van der Waals surface area (Å²) in [5, 5.41) is 10.6. The zero-order valence-corrected chi connectivity index (χ0v) is 9.27. The van der Waals surface area contributed by atoms with Crippen molar-refractivity contribution in [3.63, 3.8) is 0 Å². The van der Waals surface area contributed by atoms with Crippen LogP contribution in [0.3, 0.4) is 0 Å². The van der Waals surface area contributed by atoms with Crippen molar-refractivity contribution in [1.29, 1.82) is 0 Å². The number of ketones is 1. The fraction of sp³-hybridized carbons (Fsp3) is 0.250. The smallest absolute Gasteiger partial charge is 0.270 e.